The quantitative estimate of drug-likeness (QED) is 0.636. The van der Waals surface area contributed by atoms with E-state index in [1.165, 1.54) is 19.3 Å². The summed E-state index contributed by atoms with van der Waals surface area (Å²) in [5.74, 6) is -1.06. The fourth-order valence-electron chi connectivity index (χ4n) is 3.01. The summed E-state index contributed by atoms with van der Waals surface area (Å²) >= 11 is 0. The molecule has 0 heterocycles. The highest BCUT2D eigenvalue weighted by Gasteiger charge is 2.25. The largest absolute Gasteiger partial charge is 0.480 e. The Balaban J connectivity index is 2.42. The molecule has 0 saturated heterocycles. The molecule has 1 fully saturated rings. The Morgan fingerprint density at radius 2 is 1.65 bits per heavy atom. The van der Waals surface area contributed by atoms with Gasteiger partial charge in [0.1, 0.15) is 12.1 Å². The van der Waals surface area contributed by atoms with Crippen LogP contribution >= 0.6 is 0 Å². The third-order valence-electron chi connectivity index (χ3n) is 4.29. The van der Waals surface area contributed by atoms with Crippen molar-refractivity contribution in [1.82, 2.24) is 10.6 Å². The van der Waals surface area contributed by atoms with Crippen LogP contribution in [-0.4, -0.2) is 35.0 Å². The molecule has 2 atom stereocenters. The first-order chi connectivity index (χ1) is 10.8. The van der Waals surface area contributed by atoms with Crippen LogP contribution < -0.4 is 10.6 Å². The molecule has 1 aliphatic carbocycles. The lowest BCUT2D eigenvalue weighted by Gasteiger charge is -2.23. The van der Waals surface area contributed by atoms with E-state index in [2.05, 4.69) is 10.6 Å². The predicted octanol–water partition coefficient (Wildman–Crippen LogP) is 2.08. The van der Waals surface area contributed by atoms with Gasteiger partial charge < -0.3 is 15.7 Å². The lowest BCUT2D eigenvalue weighted by Crippen LogP contribution is -2.50. The van der Waals surface area contributed by atoms with Crippen LogP contribution in [0.2, 0.25) is 0 Å². The topological polar surface area (TPSA) is 95.5 Å². The molecule has 1 aliphatic rings. The average molecular weight is 326 g/mol. The molecule has 23 heavy (non-hydrogen) atoms. The number of hydrogen-bond donors (Lipinski definition) is 3. The van der Waals surface area contributed by atoms with Gasteiger partial charge in [0.05, 0.1) is 0 Å². The highest BCUT2D eigenvalue weighted by molar-refractivity contribution is 5.90. The molecule has 0 aromatic heterocycles. The van der Waals surface area contributed by atoms with Gasteiger partial charge in [0.2, 0.25) is 11.8 Å². The molecule has 1 unspecified atom stereocenters. The third kappa shape index (κ3) is 7.48. The van der Waals surface area contributed by atoms with Crippen LogP contribution in [0.5, 0.6) is 0 Å². The monoisotopic (exact) mass is 326 g/mol. The summed E-state index contributed by atoms with van der Waals surface area (Å²) in [6, 6.07) is -1.64. The van der Waals surface area contributed by atoms with Gasteiger partial charge >= 0.3 is 5.97 Å². The van der Waals surface area contributed by atoms with E-state index in [4.69, 9.17) is 5.11 Å². The minimum Gasteiger partial charge on any atom is -0.480 e. The lowest BCUT2D eigenvalue weighted by atomic mass is 9.87. The minimum atomic E-state index is -1.05. The number of aliphatic carboxylic acids is 1. The fourth-order valence-corrected chi connectivity index (χ4v) is 3.01. The molecule has 2 amide bonds. The van der Waals surface area contributed by atoms with Crippen molar-refractivity contribution in [3.63, 3.8) is 0 Å². The van der Waals surface area contributed by atoms with Gasteiger partial charge in [0, 0.05) is 6.42 Å². The van der Waals surface area contributed by atoms with E-state index in [9.17, 15) is 14.4 Å². The predicted molar refractivity (Wildman–Crippen MR) is 87.8 cm³/mol. The van der Waals surface area contributed by atoms with Gasteiger partial charge in [0.15, 0.2) is 0 Å². The number of nitrogens with one attached hydrogen (secondary N) is 2. The van der Waals surface area contributed by atoms with Crippen LogP contribution in [0, 0.1) is 11.8 Å². The average Bonchev–Trinajstić information content (AvgIpc) is 2.46. The van der Waals surface area contributed by atoms with E-state index in [1.807, 2.05) is 13.8 Å². The Hall–Kier alpha value is -1.59. The Kier molecular flexibility index (Phi) is 8.06. The first kappa shape index (κ1) is 19.5. The number of carboxylic acid groups (broad SMARTS) is 1. The molecule has 1 rings (SSSR count). The second-order valence-corrected chi connectivity index (χ2v) is 7.03. The maximum atomic E-state index is 12.1. The molecule has 0 aromatic rings. The van der Waals surface area contributed by atoms with Crippen molar-refractivity contribution < 1.29 is 19.5 Å². The minimum absolute atomic E-state index is 0.129. The Morgan fingerprint density at radius 3 is 2.17 bits per heavy atom. The van der Waals surface area contributed by atoms with E-state index < -0.39 is 24.0 Å². The molecular weight excluding hydrogens is 296 g/mol. The zero-order chi connectivity index (χ0) is 17.4. The second-order valence-electron chi connectivity index (χ2n) is 7.03. The van der Waals surface area contributed by atoms with E-state index >= 15 is 0 Å². The molecule has 0 radical (unpaired) electrons. The Bertz CT molecular complexity index is 417. The SMILES string of the molecule is CC(C)C[C@H](NC(=O)C(C)NC(=O)CC1CCCCC1)C(=O)O. The smallest absolute Gasteiger partial charge is 0.326 e. The van der Waals surface area contributed by atoms with Crippen LogP contribution in [-0.2, 0) is 14.4 Å². The van der Waals surface area contributed by atoms with Gasteiger partial charge in [-0.2, -0.15) is 0 Å². The summed E-state index contributed by atoms with van der Waals surface area (Å²) in [5.41, 5.74) is 0. The first-order valence-corrected chi connectivity index (χ1v) is 8.62. The summed E-state index contributed by atoms with van der Waals surface area (Å²) in [7, 11) is 0. The van der Waals surface area contributed by atoms with Crippen LogP contribution in [0.3, 0.4) is 0 Å². The van der Waals surface area contributed by atoms with Crippen molar-refractivity contribution in [2.45, 2.75) is 77.8 Å². The van der Waals surface area contributed by atoms with E-state index in [1.54, 1.807) is 6.92 Å². The van der Waals surface area contributed by atoms with Crippen LogP contribution in [0.25, 0.3) is 0 Å². The Labute approximate surface area is 138 Å². The van der Waals surface area contributed by atoms with Crippen molar-refractivity contribution in [3.05, 3.63) is 0 Å². The third-order valence-corrected chi connectivity index (χ3v) is 4.29. The number of rotatable bonds is 8. The zero-order valence-corrected chi connectivity index (χ0v) is 14.4. The van der Waals surface area contributed by atoms with E-state index in [0.717, 1.165) is 12.8 Å². The summed E-state index contributed by atoms with van der Waals surface area (Å²) in [6.07, 6.45) is 6.54. The van der Waals surface area contributed by atoms with Gasteiger partial charge in [-0.15, -0.1) is 0 Å². The van der Waals surface area contributed by atoms with Gasteiger partial charge in [-0.1, -0.05) is 33.1 Å². The van der Waals surface area contributed by atoms with Gasteiger partial charge in [-0.3, -0.25) is 9.59 Å². The number of amides is 2. The molecule has 1 saturated carbocycles. The summed E-state index contributed by atoms with van der Waals surface area (Å²) < 4.78 is 0. The molecule has 3 N–H and O–H groups in total. The van der Waals surface area contributed by atoms with Crippen molar-refractivity contribution in [3.8, 4) is 0 Å². The van der Waals surface area contributed by atoms with E-state index in [0.29, 0.717) is 18.8 Å². The van der Waals surface area contributed by atoms with Crippen molar-refractivity contribution in [1.29, 1.82) is 0 Å². The summed E-state index contributed by atoms with van der Waals surface area (Å²) in [6.45, 7) is 5.39. The molecule has 0 aromatic carbocycles. The molecule has 0 aliphatic heterocycles. The van der Waals surface area contributed by atoms with Gasteiger partial charge in [-0.05, 0) is 38.0 Å². The zero-order valence-electron chi connectivity index (χ0n) is 14.4. The van der Waals surface area contributed by atoms with Gasteiger partial charge in [0.25, 0.3) is 0 Å². The number of carbonyl (C=O) groups excluding carboxylic acids is 2. The van der Waals surface area contributed by atoms with Crippen molar-refractivity contribution >= 4 is 17.8 Å². The maximum absolute atomic E-state index is 12.1. The summed E-state index contributed by atoms with van der Waals surface area (Å²) in [5, 5.41) is 14.3. The second kappa shape index (κ2) is 9.53. The first-order valence-electron chi connectivity index (χ1n) is 8.62. The molecule has 6 heteroatoms. The normalized spacial score (nSPS) is 18.3. The highest BCUT2D eigenvalue weighted by Crippen LogP contribution is 2.26. The molecular formula is C17H30N2O4. The number of carboxylic acids is 1. The summed E-state index contributed by atoms with van der Waals surface area (Å²) in [4.78, 5) is 35.3. The molecule has 6 nitrogen and oxygen atoms in total. The van der Waals surface area contributed by atoms with Gasteiger partial charge in [-0.25, -0.2) is 4.79 Å². The van der Waals surface area contributed by atoms with Crippen LogP contribution in [0.4, 0.5) is 0 Å². The molecule has 132 valence electrons. The van der Waals surface area contributed by atoms with Crippen molar-refractivity contribution in [2.75, 3.05) is 0 Å². The lowest BCUT2D eigenvalue weighted by molar-refractivity contribution is -0.142. The standard InChI is InChI=1S/C17H30N2O4/c1-11(2)9-14(17(22)23)19-16(21)12(3)18-15(20)10-13-7-5-4-6-8-13/h11-14H,4-10H2,1-3H3,(H,18,20)(H,19,21)(H,22,23)/t12?,14-/m0/s1. The highest BCUT2D eigenvalue weighted by atomic mass is 16.4. The maximum Gasteiger partial charge on any atom is 0.326 e. The molecule has 0 bridgehead atoms. The van der Waals surface area contributed by atoms with Crippen LogP contribution in [0.15, 0.2) is 0 Å². The van der Waals surface area contributed by atoms with E-state index in [-0.39, 0.29) is 11.8 Å². The number of hydrogen-bond acceptors (Lipinski definition) is 3. The van der Waals surface area contributed by atoms with Crippen LogP contribution in [0.1, 0.15) is 65.7 Å². The Morgan fingerprint density at radius 1 is 1.04 bits per heavy atom. The number of carbonyl (C=O) groups is 3. The van der Waals surface area contributed by atoms with Crippen molar-refractivity contribution in [2.24, 2.45) is 11.8 Å². The fraction of sp³-hybridized carbons (Fsp3) is 0.824. The molecule has 0 spiro atoms.